The highest BCUT2D eigenvalue weighted by Crippen LogP contribution is 2.04. The monoisotopic (exact) mass is 325 g/mol. The SMILES string of the molecule is C=CC.C=CC.C=CC.C=CC.O=S(=O)([O-])c1ccccc1. The Hall–Kier alpha value is -1.91. The van der Waals surface area contributed by atoms with Gasteiger partial charge >= 0.3 is 0 Å². The third kappa shape index (κ3) is 36.1. The van der Waals surface area contributed by atoms with E-state index in [9.17, 15) is 13.0 Å². The van der Waals surface area contributed by atoms with Gasteiger partial charge in [-0.15, -0.1) is 26.3 Å². The molecule has 0 fully saturated rings. The normalized spacial score (nSPS) is 7.50. The molecule has 1 rings (SSSR count). The summed E-state index contributed by atoms with van der Waals surface area (Å²) in [6, 6.07) is 7.19. The lowest BCUT2D eigenvalue weighted by Crippen LogP contribution is -1.96. The Bertz CT molecular complexity index is 436. The molecule has 0 spiro atoms. The van der Waals surface area contributed by atoms with E-state index in [1.807, 2.05) is 27.7 Å². The van der Waals surface area contributed by atoms with E-state index < -0.39 is 10.1 Å². The first kappa shape index (κ1) is 28.3. The molecular formula is C18H29O3S-. The van der Waals surface area contributed by atoms with E-state index in [1.165, 1.54) is 24.3 Å². The zero-order valence-electron chi connectivity index (χ0n) is 14.2. The summed E-state index contributed by atoms with van der Waals surface area (Å²) in [4.78, 5) is -0.185. The highest BCUT2D eigenvalue weighted by molar-refractivity contribution is 7.85. The molecule has 3 nitrogen and oxygen atoms in total. The first-order valence-electron chi connectivity index (χ1n) is 6.56. The molecule has 0 saturated carbocycles. The van der Waals surface area contributed by atoms with Crippen LogP contribution in [0.2, 0.25) is 0 Å². The van der Waals surface area contributed by atoms with Crippen LogP contribution in [-0.4, -0.2) is 13.0 Å². The lowest BCUT2D eigenvalue weighted by atomic mass is 10.4. The molecule has 126 valence electrons. The van der Waals surface area contributed by atoms with Crippen molar-refractivity contribution in [2.75, 3.05) is 0 Å². The average Bonchev–Trinajstić information content (AvgIpc) is 2.42. The van der Waals surface area contributed by atoms with Crippen LogP contribution in [-0.2, 0) is 10.1 Å². The van der Waals surface area contributed by atoms with Gasteiger partial charge in [0.2, 0.25) is 0 Å². The van der Waals surface area contributed by atoms with E-state index in [2.05, 4.69) is 26.3 Å². The summed E-state index contributed by atoms with van der Waals surface area (Å²) in [7, 11) is -4.25. The summed E-state index contributed by atoms with van der Waals surface area (Å²) >= 11 is 0. The van der Waals surface area contributed by atoms with Crippen LogP contribution in [0.4, 0.5) is 0 Å². The Morgan fingerprint density at radius 1 is 0.773 bits per heavy atom. The van der Waals surface area contributed by atoms with Crippen molar-refractivity contribution in [1.82, 2.24) is 0 Å². The van der Waals surface area contributed by atoms with Gasteiger partial charge in [-0.25, -0.2) is 8.42 Å². The second-order valence-electron chi connectivity index (χ2n) is 3.40. The van der Waals surface area contributed by atoms with Crippen LogP contribution in [0.25, 0.3) is 0 Å². The largest absolute Gasteiger partial charge is 0.744 e. The van der Waals surface area contributed by atoms with E-state index in [4.69, 9.17) is 0 Å². The summed E-state index contributed by atoms with van der Waals surface area (Å²) in [6.07, 6.45) is 7.00. The lowest BCUT2D eigenvalue weighted by Gasteiger charge is -2.04. The molecule has 0 aliphatic rings. The molecule has 4 heteroatoms. The maximum Gasteiger partial charge on any atom is 0.124 e. The molecule has 0 unspecified atom stereocenters. The topological polar surface area (TPSA) is 57.2 Å². The van der Waals surface area contributed by atoms with Crippen LogP contribution in [0.15, 0.2) is 85.8 Å². The smallest absolute Gasteiger partial charge is 0.124 e. The molecule has 1 aromatic rings. The van der Waals surface area contributed by atoms with Gasteiger partial charge in [-0.2, -0.15) is 0 Å². The van der Waals surface area contributed by atoms with Gasteiger partial charge in [-0.1, -0.05) is 42.5 Å². The van der Waals surface area contributed by atoms with Crippen molar-refractivity contribution in [2.24, 2.45) is 0 Å². The van der Waals surface area contributed by atoms with Crippen LogP contribution in [0.1, 0.15) is 27.7 Å². The quantitative estimate of drug-likeness (QED) is 0.516. The summed E-state index contributed by atoms with van der Waals surface area (Å²) in [5.74, 6) is 0. The first-order chi connectivity index (χ1) is 10.3. The van der Waals surface area contributed by atoms with Gasteiger partial charge < -0.3 is 4.55 Å². The molecule has 1 aromatic carbocycles. The van der Waals surface area contributed by atoms with Gasteiger partial charge in [0, 0.05) is 0 Å². The molecule has 0 aliphatic carbocycles. The van der Waals surface area contributed by atoms with Crippen molar-refractivity contribution >= 4 is 10.1 Å². The van der Waals surface area contributed by atoms with Crippen LogP contribution in [0.3, 0.4) is 0 Å². The third-order valence-corrected chi connectivity index (χ3v) is 1.88. The van der Waals surface area contributed by atoms with E-state index in [-0.39, 0.29) is 4.90 Å². The van der Waals surface area contributed by atoms with Crippen LogP contribution in [0, 0.1) is 0 Å². The lowest BCUT2D eigenvalue weighted by molar-refractivity contribution is 0.463. The standard InChI is InChI=1S/C6H6O3S.4C3H6/c7-10(8,9)6-4-2-1-3-5-6;4*1-3-2/h1-5H,(H,7,8,9);4*3H,1H2,2H3/p-1. The van der Waals surface area contributed by atoms with Crippen molar-refractivity contribution < 1.29 is 13.0 Å². The fourth-order valence-electron chi connectivity index (χ4n) is 0.587. The Morgan fingerprint density at radius 3 is 1.14 bits per heavy atom. The minimum Gasteiger partial charge on any atom is -0.744 e. The summed E-state index contributed by atoms with van der Waals surface area (Å²) in [5.41, 5.74) is 0. The molecule has 0 N–H and O–H groups in total. The van der Waals surface area contributed by atoms with Crippen molar-refractivity contribution in [2.45, 2.75) is 32.6 Å². The van der Waals surface area contributed by atoms with E-state index >= 15 is 0 Å². The fourth-order valence-corrected chi connectivity index (χ4v) is 1.08. The number of rotatable bonds is 1. The van der Waals surface area contributed by atoms with Crippen LogP contribution in [0.5, 0.6) is 0 Å². The average molecular weight is 325 g/mol. The van der Waals surface area contributed by atoms with Gasteiger partial charge in [0.1, 0.15) is 10.1 Å². The number of hydrogen-bond acceptors (Lipinski definition) is 3. The highest BCUT2D eigenvalue weighted by atomic mass is 32.2. The number of allylic oxidation sites excluding steroid dienone is 4. The molecule has 0 aliphatic heterocycles. The Balaban J connectivity index is -0.000000113. The van der Waals surface area contributed by atoms with Gasteiger partial charge in [-0.3, -0.25) is 0 Å². The second-order valence-corrected chi connectivity index (χ2v) is 4.78. The van der Waals surface area contributed by atoms with Gasteiger partial charge in [-0.05, 0) is 39.8 Å². The molecule has 22 heavy (non-hydrogen) atoms. The molecule has 0 amide bonds. The third-order valence-electron chi connectivity index (χ3n) is 1.03. The van der Waals surface area contributed by atoms with Gasteiger partial charge in [0.05, 0.1) is 4.90 Å². The first-order valence-corrected chi connectivity index (χ1v) is 7.97. The van der Waals surface area contributed by atoms with Crippen LogP contribution >= 0.6 is 0 Å². The zero-order valence-corrected chi connectivity index (χ0v) is 15.0. The molecule has 0 atom stereocenters. The zero-order chi connectivity index (χ0) is 18.4. The molecule has 0 radical (unpaired) electrons. The van der Waals surface area contributed by atoms with Crippen molar-refractivity contribution in [3.05, 3.63) is 81.0 Å². The molecule has 0 aromatic heterocycles. The predicted molar refractivity (Wildman–Crippen MR) is 97.9 cm³/mol. The summed E-state index contributed by atoms with van der Waals surface area (Å²) in [5, 5.41) is 0. The second kappa shape index (κ2) is 24.1. The Kier molecular flexibility index (Phi) is 31.0. The Morgan fingerprint density at radius 2 is 1.00 bits per heavy atom. The van der Waals surface area contributed by atoms with Crippen LogP contribution < -0.4 is 0 Å². The van der Waals surface area contributed by atoms with Gasteiger partial charge in [0.25, 0.3) is 0 Å². The number of benzene rings is 1. The molecule has 0 saturated heterocycles. The molecular weight excluding hydrogens is 296 g/mol. The summed E-state index contributed by atoms with van der Waals surface area (Å²) < 4.78 is 30.8. The van der Waals surface area contributed by atoms with E-state index in [0.29, 0.717) is 0 Å². The van der Waals surface area contributed by atoms with Crippen molar-refractivity contribution in [1.29, 1.82) is 0 Å². The minimum absolute atomic E-state index is 0.185. The van der Waals surface area contributed by atoms with Crippen molar-refractivity contribution in [3.8, 4) is 0 Å². The van der Waals surface area contributed by atoms with E-state index in [1.54, 1.807) is 30.4 Å². The predicted octanol–water partition coefficient (Wildman–Crippen LogP) is 5.36. The minimum atomic E-state index is -4.25. The maximum atomic E-state index is 10.3. The highest BCUT2D eigenvalue weighted by Gasteiger charge is 1.95. The number of hydrogen-bond donors (Lipinski definition) is 0. The Labute approximate surface area is 137 Å². The van der Waals surface area contributed by atoms with E-state index in [0.717, 1.165) is 0 Å². The molecule has 0 heterocycles. The van der Waals surface area contributed by atoms with Crippen molar-refractivity contribution in [3.63, 3.8) is 0 Å². The van der Waals surface area contributed by atoms with Gasteiger partial charge in [0.15, 0.2) is 0 Å². The summed E-state index contributed by atoms with van der Waals surface area (Å²) in [6.45, 7) is 21.0. The molecule has 0 bridgehead atoms. The maximum absolute atomic E-state index is 10.3. The fraction of sp³-hybridized carbons (Fsp3) is 0.222.